The van der Waals surface area contributed by atoms with Crippen LogP contribution in [0.4, 0.5) is 0 Å². The van der Waals surface area contributed by atoms with Gasteiger partial charge in [0.15, 0.2) is 0 Å². The molecule has 0 spiro atoms. The number of hydrogen-bond acceptors (Lipinski definition) is 2. The van der Waals surface area contributed by atoms with Crippen LogP contribution in [0.2, 0.25) is 0 Å². The summed E-state index contributed by atoms with van der Waals surface area (Å²) in [6.45, 7) is 3.17. The monoisotopic (exact) mass is 280 g/mol. The fourth-order valence-electron chi connectivity index (χ4n) is 3.19. The van der Waals surface area contributed by atoms with Gasteiger partial charge in [-0.25, -0.2) is 0 Å². The molecule has 0 radical (unpaired) electrons. The Labute approximate surface area is 127 Å². The molecule has 1 heterocycles. The molecule has 1 aromatic heterocycles. The predicted molar refractivity (Wildman–Crippen MR) is 89.3 cm³/mol. The number of rotatable bonds is 5. The highest BCUT2D eigenvalue weighted by Crippen LogP contribution is 2.28. The van der Waals surface area contributed by atoms with E-state index in [0.717, 1.165) is 18.5 Å². The Hall–Kier alpha value is -1.67. The van der Waals surface area contributed by atoms with Crippen molar-refractivity contribution in [2.75, 3.05) is 6.54 Å². The quantitative estimate of drug-likeness (QED) is 0.798. The van der Waals surface area contributed by atoms with E-state index in [1.807, 2.05) is 12.3 Å². The van der Waals surface area contributed by atoms with Crippen molar-refractivity contribution < 1.29 is 0 Å². The molecule has 3 rings (SSSR count). The van der Waals surface area contributed by atoms with Crippen molar-refractivity contribution in [3.63, 3.8) is 0 Å². The molecule has 0 saturated heterocycles. The lowest BCUT2D eigenvalue weighted by Crippen LogP contribution is -2.22. The summed E-state index contributed by atoms with van der Waals surface area (Å²) >= 11 is 0. The van der Waals surface area contributed by atoms with Crippen LogP contribution in [0.5, 0.6) is 0 Å². The summed E-state index contributed by atoms with van der Waals surface area (Å²) < 4.78 is 0. The van der Waals surface area contributed by atoms with Gasteiger partial charge >= 0.3 is 0 Å². The fraction of sp³-hybridized carbons (Fsp3) is 0.421. The van der Waals surface area contributed by atoms with Crippen LogP contribution in [0.15, 0.2) is 48.2 Å². The minimum Gasteiger partial charge on any atom is -0.310 e. The van der Waals surface area contributed by atoms with E-state index in [-0.39, 0.29) is 0 Å². The van der Waals surface area contributed by atoms with Gasteiger partial charge in [-0.15, -0.1) is 0 Å². The summed E-state index contributed by atoms with van der Waals surface area (Å²) in [6, 6.07) is 11.0. The summed E-state index contributed by atoms with van der Waals surface area (Å²) in [5, 5.41) is 4.86. The van der Waals surface area contributed by atoms with Gasteiger partial charge in [-0.2, -0.15) is 0 Å². The highest BCUT2D eigenvalue weighted by atomic mass is 14.9. The number of hydrogen-bond donors (Lipinski definition) is 1. The van der Waals surface area contributed by atoms with Crippen molar-refractivity contribution in [3.8, 4) is 0 Å². The van der Waals surface area contributed by atoms with Crippen LogP contribution in [0.3, 0.4) is 0 Å². The molecular weight excluding hydrogens is 256 g/mol. The van der Waals surface area contributed by atoms with Gasteiger partial charge in [-0.1, -0.05) is 36.8 Å². The number of fused-ring (bicyclic) bond motifs is 1. The lowest BCUT2D eigenvalue weighted by atomic mass is 9.91. The van der Waals surface area contributed by atoms with Crippen LogP contribution < -0.4 is 5.32 Å². The number of allylic oxidation sites excluding steroid dienone is 1. The molecule has 2 aromatic rings. The predicted octanol–water partition coefficient (Wildman–Crippen LogP) is 4.78. The summed E-state index contributed by atoms with van der Waals surface area (Å²) in [4.78, 5) is 4.62. The SMILES string of the molecule is CCNC(CC1=CCCCC1)c1cnc2ccccc2c1. The topological polar surface area (TPSA) is 24.9 Å². The summed E-state index contributed by atoms with van der Waals surface area (Å²) in [5.41, 5.74) is 4.00. The second kappa shape index (κ2) is 6.86. The lowest BCUT2D eigenvalue weighted by molar-refractivity contribution is 0.527. The third-order valence-corrected chi connectivity index (χ3v) is 4.32. The van der Waals surface area contributed by atoms with Crippen LogP contribution in [0, 0.1) is 0 Å². The number of pyridine rings is 1. The van der Waals surface area contributed by atoms with Gasteiger partial charge in [0.05, 0.1) is 5.52 Å². The Morgan fingerprint density at radius 1 is 1.24 bits per heavy atom. The molecule has 0 fully saturated rings. The van der Waals surface area contributed by atoms with Crippen molar-refractivity contribution in [1.82, 2.24) is 10.3 Å². The number of para-hydroxylation sites is 1. The highest BCUT2D eigenvalue weighted by Gasteiger charge is 2.15. The number of nitrogens with one attached hydrogen (secondary N) is 1. The lowest BCUT2D eigenvalue weighted by Gasteiger charge is -2.22. The summed E-state index contributed by atoms with van der Waals surface area (Å²) in [7, 11) is 0. The van der Waals surface area contributed by atoms with Gasteiger partial charge in [0, 0.05) is 17.6 Å². The molecule has 1 N–H and O–H groups in total. The van der Waals surface area contributed by atoms with E-state index in [4.69, 9.17) is 0 Å². The first kappa shape index (κ1) is 14.3. The second-order valence-electron chi connectivity index (χ2n) is 5.88. The normalized spacial score (nSPS) is 16.7. The van der Waals surface area contributed by atoms with Gasteiger partial charge < -0.3 is 5.32 Å². The van der Waals surface area contributed by atoms with Crippen molar-refractivity contribution in [2.45, 2.75) is 45.1 Å². The van der Waals surface area contributed by atoms with E-state index in [1.54, 1.807) is 5.57 Å². The molecule has 1 aromatic carbocycles. The molecule has 1 atom stereocenters. The molecule has 0 bridgehead atoms. The zero-order valence-electron chi connectivity index (χ0n) is 12.8. The molecule has 1 unspecified atom stereocenters. The van der Waals surface area contributed by atoms with Crippen molar-refractivity contribution in [2.24, 2.45) is 0 Å². The van der Waals surface area contributed by atoms with Crippen molar-refractivity contribution in [3.05, 3.63) is 53.7 Å². The first-order valence-corrected chi connectivity index (χ1v) is 8.13. The van der Waals surface area contributed by atoms with Crippen LogP contribution >= 0.6 is 0 Å². The Morgan fingerprint density at radius 2 is 2.14 bits per heavy atom. The van der Waals surface area contributed by atoms with Gasteiger partial charge in [-0.05, 0) is 56.3 Å². The molecule has 2 nitrogen and oxygen atoms in total. The second-order valence-corrected chi connectivity index (χ2v) is 5.88. The maximum absolute atomic E-state index is 4.62. The van der Waals surface area contributed by atoms with Crippen LogP contribution in [0.25, 0.3) is 10.9 Å². The molecule has 0 aliphatic heterocycles. The van der Waals surface area contributed by atoms with Crippen molar-refractivity contribution >= 4 is 10.9 Å². The third kappa shape index (κ3) is 3.51. The first-order valence-electron chi connectivity index (χ1n) is 8.13. The largest absolute Gasteiger partial charge is 0.310 e. The molecule has 1 aliphatic carbocycles. The van der Waals surface area contributed by atoms with Crippen LogP contribution in [-0.4, -0.2) is 11.5 Å². The minimum atomic E-state index is 0.386. The minimum absolute atomic E-state index is 0.386. The maximum Gasteiger partial charge on any atom is 0.0702 e. The van der Waals surface area contributed by atoms with Crippen molar-refractivity contribution in [1.29, 1.82) is 0 Å². The van der Waals surface area contributed by atoms with Gasteiger partial charge in [0.2, 0.25) is 0 Å². The van der Waals surface area contributed by atoms with E-state index in [0.29, 0.717) is 6.04 Å². The average molecular weight is 280 g/mol. The zero-order chi connectivity index (χ0) is 14.5. The van der Waals surface area contributed by atoms with Crippen LogP contribution in [0.1, 0.15) is 50.6 Å². The van der Waals surface area contributed by atoms with E-state index in [1.165, 1.54) is 36.6 Å². The van der Waals surface area contributed by atoms with Crippen LogP contribution in [-0.2, 0) is 0 Å². The van der Waals surface area contributed by atoms with E-state index in [9.17, 15) is 0 Å². The maximum atomic E-state index is 4.62. The highest BCUT2D eigenvalue weighted by molar-refractivity contribution is 5.78. The third-order valence-electron chi connectivity index (χ3n) is 4.32. The Morgan fingerprint density at radius 3 is 2.95 bits per heavy atom. The molecule has 2 heteroatoms. The smallest absolute Gasteiger partial charge is 0.0702 e. The molecule has 0 amide bonds. The fourth-order valence-corrected chi connectivity index (χ4v) is 3.19. The van der Waals surface area contributed by atoms with E-state index < -0.39 is 0 Å². The Balaban J connectivity index is 1.85. The molecular formula is C19H24N2. The summed E-state index contributed by atoms with van der Waals surface area (Å²) in [5.74, 6) is 0. The standard InChI is InChI=1S/C19H24N2/c1-2-20-19(12-15-8-4-3-5-9-15)17-13-16-10-6-7-11-18(16)21-14-17/h6-8,10-11,13-14,19-20H,2-5,9,12H2,1H3. The molecule has 1 aliphatic rings. The van der Waals surface area contributed by atoms with Gasteiger partial charge in [0.25, 0.3) is 0 Å². The zero-order valence-corrected chi connectivity index (χ0v) is 12.8. The Kier molecular flexibility index (Phi) is 4.66. The number of aromatic nitrogens is 1. The van der Waals surface area contributed by atoms with Gasteiger partial charge in [0.1, 0.15) is 0 Å². The average Bonchev–Trinajstić information content (AvgIpc) is 2.55. The molecule has 110 valence electrons. The summed E-state index contributed by atoms with van der Waals surface area (Å²) in [6.07, 6.45) is 10.8. The van der Waals surface area contributed by atoms with E-state index in [2.05, 4.69) is 47.6 Å². The van der Waals surface area contributed by atoms with Gasteiger partial charge in [-0.3, -0.25) is 4.98 Å². The van der Waals surface area contributed by atoms with E-state index >= 15 is 0 Å². The molecule has 21 heavy (non-hydrogen) atoms. The first-order chi connectivity index (χ1) is 10.4. The molecule has 0 saturated carbocycles. The number of nitrogens with zero attached hydrogens (tertiary/aromatic N) is 1. The number of benzene rings is 1. The Bertz CT molecular complexity index is 630.